The molecule has 1 aromatic carbocycles. The second-order valence-electron chi connectivity index (χ2n) is 6.18. The Morgan fingerprint density at radius 3 is 2.53 bits per heavy atom. The second-order valence-corrected chi connectivity index (χ2v) is 6.18. The van der Waals surface area contributed by atoms with Gasteiger partial charge in [-0.2, -0.15) is 0 Å². The van der Waals surface area contributed by atoms with E-state index in [0.717, 1.165) is 25.1 Å². The minimum atomic E-state index is 0.115. The average molecular weight is 260 g/mol. The van der Waals surface area contributed by atoms with E-state index in [1.807, 2.05) is 12.1 Å². The first kappa shape index (κ1) is 14.1. The van der Waals surface area contributed by atoms with E-state index in [1.165, 1.54) is 5.69 Å². The van der Waals surface area contributed by atoms with Gasteiger partial charge in [0, 0.05) is 29.4 Å². The quantitative estimate of drug-likeness (QED) is 0.830. The van der Waals surface area contributed by atoms with Gasteiger partial charge >= 0.3 is 0 Å². The van der Waals surface area contributed by atoms with Crippen LogP contribution in [0.5, 0.6) is 0 Å². The molecule has 0 aliphatic carbocycles. The molecule has 3 nitrogen and oxygen atoms in total. The van der Waals surface area contributed by atoms with Crippen LogP contribution in [0.15, 0.2) is 24.3 Å². The summed E-state index contributed by atoms with van der Waals surface area (Å²) in [5.41, 5.74) is 2.10. The van der Waals surface area contributed by atoms with Crippen LogP contribution in [0.25, 0.3) is 0 Å². The number of nitrogens with zero attached hydrogens (tertiary/aromatic N) is 1. The van der Waals surface area contributed by atoms with Gasteiger partial charge in [0.1, 0.15) is 0 Å². The summed E-state index contributed by atoms with van der Waals surface area (Å²) in [6, 6.07) is 8.49. The zero-order chi connectivity index (χ0) is 14.0. The number of nitrogens with one attached hydrogen (secondary N) is 1. The number of hydrogen-bond acceptors (Lipinski definition) is 3. The Morgan fingerprint density at radius 2 is 1.95 bits per heavy atom. The fourth-order valence-corrected chi connectivity index (χ4v) is 2.65. The molecular formula is C16H24N2O. The molecule has 0 amide bonds. The topological polar surface area (TPSA) is 32.3 Å². The van der Waals surface area contributed by atoms with Crippen LogP contribution in [-0.2, 0) is 0 Å². The zero-order valence-corrected chi connectivity index (χ0v) is 12.4. The SMILES string of the molecule is CC(=O)c1ccc(N2CC(C)(C)NCCC2C)cc1. The van der Waals surface area contributed by atoms with Crippen LogP contribution in [0, 0.1) is 0 Å². The van der Waals surface area contributed by atoms with E-state index < -0.39 is 0 Å². The predicted molar refractivity (Wildman–Crippen MR) is 80.0 cm³/mol. The summed E-state index contributed by atoms with van der Waals surface area (Å²) in [7, 11) is 0. The lowest BCUT2D eigenvalue weighted by molar-refractivity contribution is 0.101. The van der Waals surface area contributed by atoms with Crippen molar-refractivity contribution >= 4 is 11.5 Å². The predicted octanol–water partition coefficient (Wildman–Crippen LogP) is 2.86. The maximum atomic E-state index is 11.3. The van der Waals surface area contributed by atoms with Crippen molar-refractivity contribution in [3.63, 3.8) is 0 Å². The van der Waals surface area contributed by atoms with Crippen LogP contribution in [0.1, 0.15) is 44.5 Å². The number of ketones is 1. The van der Waals surface area contributed by atoms with Gasteiger partial charge in [-0.25, -0.2) is 0 Å². The van der Waals surface area contributed by atoms with Gasteiger partial charge in [-0.05, 0) is 64.9 Å². The maximum Gasteiger partial charge on any atom is 0.159 e. The van der Waals surface area contributed by atoms with Gasteiger partial charge in [-0.3, -0.25) is 4.79 Å². The number of carbonyl (C=O) groups is 1. The molecule has 104 valence electrons. The Kier molecular flexibility index (Phi) is 3.95. The summed E-state index contributed by atoms with van der Waals surface area (Å²) in [5, 5.41) is 3.58. The first-order valence-electron chi connectivity index (χ1n) is 7.02. The van der Waals surface area contributed by atoms with Crippen LogP contribution < -0.4 is 10.2 Å². The molecule has 1 N–H and O–H groups in total. The monoisotopic (exact) mass is 260 g/mol. The van der Waals surface area contributed by atoms with Crippen LogP contribution >= 0.6 is 0 Å². The first-order valence-corrected chi connectivity index (χ1v) is 7.02. The van der Waals surface area contributed by atoms with Crippen molar-refractivity contribution in [3.05, 3.63) is 29.8 Å². The normalized spacial score (nSPS) is 22.9. The summed E-state index contributed by atoms with van der Waals surface area (Å²) in [4.78, 5) is 13.8. The van der Waals surface area contributed by atoms with Gasteiger partial charge in [-0.15, -0.1) is 0 Å². The van der Waals surface area contributed by atoms with Gasteiger partial charge in [-0.1, -0.05) is 0 Å². The highest BCUT2D eigenvalue weighted by molar-refractivity contribution is 5.94. The number of anilines is 1. The van der Waals surface area contributed by atoms with Crippen LogP contribution in [-0.4, -0.2) is 30.5 Å². The van der Waals surface area contributed by atoms with Crippen molar-refractivity contribution in [2.75, 3.05) is 18.0 Å². The zero-order valence-electron chi connectivity index (χ0n) is 12.4. The van der Waals surface area contributed by atoms with Crippen LogP contribution in [0.3, 0.4) is 0 Å². The summed E-state index contributed by atoms with van der Waals surface area (Å²) in [6.45, 7) is 10.4. The van der Waals surface area contributed by atoms with E-state index in [9.17, 15) is 4.79 Å². The van der Waals surface area contributed by atoms with Gasteiger partial charge in [0.25, 0.3) is 0 Å². The minimum Gasteiger partial charge on any atom is -0.367 e. The Morgan fingerprint density at radius 1 is 1.32 bits per heavy atom. The lowest BCUT2D eigenvalue weighted by atomic mass is 10.0. The second kappa shape index (κ2) is 5.33. The van der Waals surface area contributed by atoms with E-state index in [4.69, 9.17) is 0 Å². The third-order valence-electron chi connectivity index (χ3n) is 3.87. The number of rotatable bonds is 2. The Bertz CT molecular complexity index is 450. The highest BCUT2D eigenvalue weighted by Gasteiger charge is 2.27. The Balaban J connectivity index is 2.24. The summed E-state index contributed by atoms with van der Waals surface area (Å²) >= 11 is 0. The Labute approximate surface area is 116 Å². The van der Waals surface area contributed by atoms with E-state index in [0.29, 0.717) is 6.04 Å². The molecule has 0 bridgehead atoms. The van der Waals surface area contributed by atoms with E-state index in [2.05, 4.69) is 43.1 Å². The van der Waals surface area contributed by atoms with Gasteiger partial charge in [0.05, 0.1) is 0 Å². The fraction of sp³-hybridized carbons (Fsp3) is 0.562. The maximum absolute atomic E-state index is 11.3. The van der Waals surface area contributed by atoms with Crippen molar-refractivity contribution in [1.82, 2.24) is 5.32 Å². The van der Waals surface area contributed by atoms with Crippen molar-refractivity contribution < 1.29 is 4.79 Å². The highest BCUT2D eigenvalue weighted by Crippen LogP contribution is 2.24. The smallest absolute Gasteiger partial charge is 0.159 e. The van der Waals surface area contributed by atoms with Crippen molar-refractivity contribution in [2.45, 2.75) is 45.7 Å². The number of benzene rings is 1. The summed E-state index contributed by atoms with van der Waals surface area (Å²) in [5.74, 6) is 0.123. The minimum absolute atomic E-state index is 0.115. The molecule has 1 saturated heterocycles. The molecule has 0 saturated carbocycles. The molecule has 19 heavy (non-hydrogen) atoms. The van der Waals surface area contributed by atoms with Crippen molar-refractivity contribution in [1.29, 1.82) is 0 Å². The van der Waals surface area contributed by atoms with Gasteiger partial charge in [0.15, 0.2) is 5.78 Å². The third-order valence-corrected chi connectivity index (χ3v) is 3.87. The third kappa shape index (κ3) is 3.35. The van der Waals surface area contributed by atoms with Crippen molar-refractivity contribution in [3.8, 4) is 0 Å². The summed E-state index contributed by atoms with van der Waals surface area (Å²) in [6.07, 6.45) is 1.14. The standard InChI is InChI=1S/C16H24N2O/c1-12-9-10-17-16(3,4)11-18(12)15-7-5-14(6-8-15)13(2)19/h5-8,12,17H,9-11H2,1-4H3. The highest BCUT2D eigenvalue weighted by atomic mass is 16.1. The van der Waals surface area contributed by atoms with Crippen LogP contribution in [0.2, 0.25) is 0 Å². The molecule has 0 spiro atoms. The summed E-state index contributed by atoms with van der Waals surface area (Å²) < 4.78 is 0. The number of Topliss-reactive ketones (excluding diaryl/α,β-unsaturated/α-hetero) is 1. The Hall–Kier alpha value is -1.35. The molecule has 1 heterocycles. The average Bonchev–Trinajstić information content (AvgIpc) is 2.48. The van der Waals surface area contributed by atoms with Gasteiger partial charge in [0.2, 0.25) is 0 Å². The lowest BCUT2D eigenvalue weighted by Gasteiger charge is -2.34. The molecule has 1 fully saturated rings. The molecular weight excluding hydrogens is 236 g/mol. The molecule has 1 unspecified atom stereocenters. The molecule has 0 radical (unpaired) electrons. The molecule has 2 rings (SSSR count). The number of carbonyl (C=O) groups excluding carboxylic acids is 1. The first-order chi connectivity index (χ1) is 8.89. The van der Waals surface area contributed by atoms with E-state index in [1.54, 1.807) is 6.92 Å². The van der Waals surface area contributed by atoms with E-state index >= 15 is 0 Å². The lowest BCUT2D eigenvalue weighted by Crippen LogP contribution is -2.47. The van der Waals surface area contributed by atoms with Gasteiger partial charge < -0.3 is 10.2 Å². The largest absolute Gasteiger partial charge is 0.367 e. The number of hydrogen-bond donors (Lipinski definition) is 1. The molecule has 1 aromatic rings. The van der Waals surface area contributed by atoms with E-state index in [-0.39, 0.29) is 11.3 Å². The fourth-order valence-electron chi connectivity index (χ4n) is 2.65. The molecule has 1 atom stereocenters. The molecule has 1 aliphatic heterocycles. The molecule has 0 aromatic heterocycles. The van der Waals surface area contributed by atoms with Crippen LogP contribution in [0.4, 0.5) is 5.69 Å². The molecule has 1 aliphatic rings. The van der Waals surface area contributed by atoms with Crippen molar-refractivity contribution in [2.24, 2.45) is 0 Å². The molecule has 3 heteroatoms.